The van der Waals surface area contributed by atoms with Crippen molar-refractivity contribution in [3.8, 4) is 22.8 Å². The second-order valence-corrected chi connectivity index (χ2v) is 5.01. The normalized spacial score (nSPS) is 18.0. The number of carboxylic acid groups (broad SMARTS) is 1. The second kappa shape index (κ2) is 3.75. The molecule has 6 heteroatoms. The van der Waals surface area contributed by atoms with Gasteiger partial charge in [-0.2, -0.15) is 0 Å². The van der Waals surface area contributed by atoms with E-state index in [2.05, 4.69) is 5.16 Å². The second-order valence-electron chi connectivity index (χ2n) is 5.01. The Morgan fingerprint density at radius 1 is 1.20 bits per heavy atom. The smallest absolute Gasteiger partial charge is 0.358 e. The van der Waals surface area contributed by atoms with Crippen LogP contribution in [-0.2, 0) is 0 Å². The van der Waals surface area contributed by atoms with E-state index < -0.39 is 11.8 Å². The Labute approximate surface area is 113 Å². The number of hydrogen-bond acceptors (Lipinski definition) is 5. The molecule has 0 radical (unpaired) electrons. The van der Waals surface area contributed by atoms with Gasteiger partial charge in [0.1, 0.15) is 0 Å². The van der Waals surface area contributed by atoms with Gasteiger partial charge in [0.2, 0.25) is 0 Å². The molecule has 4 rings (SSSR count). The molecule has 0 atom stereocenters. The average molecular weight is 273 g/mol. The molecule has 1 aromatic heterocycles. The number of carbonyl (C=O) groups is 1. The highest BCUT2D eigenvalue weighted by molar-refractivity contribution is 5.86. The van der Waals surface area contributed by atoms with Crippen molar-refractivity contribution in [2.24, 2.45) is 0 Å². The van der Waals surface area contributed by atoms with Crippen LogP contribution in [0.5, 0.6) is 11.5 Å². The van der Waals surface area contributed by atoms with Crippen LogP contribution in [0.3, 0.4) is 0 Å². The van der Waals surface area contributed by atoms with Crippen LogP contribution < -0.4 is 9.47 Å². The zero-order chi connectivity index (χ0) is 13.7. The Kier molecular flexibility index (Phi) is 2.13. The first-order valence-electron chi connectivity index (χ1n) is 6.38. The molecule has 1 aromatic carbocycles. The predicted octanol–water partition coefficient (Wildman–Crippen LogP) is 2.69. The lowest BCUT2D eigenvalue weighted by Gasteiger charge is -2.35. The lowest BCUT2D eigenvalue weighted by Crippen LogP contribution is -2.45. The minimum absolute atomic E-state index is 0.117. The van der Waals surface area contributed by atoms with E-state index in [-0.39, 0.29) is 5.69 Å². The molecule has 1 N–H and O–H groups in total. The van der Waals surface area contributed by atoms with E-state index in [4.69, 9.17) is 19.1 Å². The van der Waals surface area contributed by atoms with Crippen molar-refractivity contribution >= 4 is 5.97 Å². The van der Waals surface area contributed by atoms with Crippen LogP contribution in [-0.4, -0.2) is 22.0 Å². The predicted molar refractivity (Wildman–Crippen MR) is 66.7 cm³/mol. The van der Waals surface area contributed by atoms with Crippen molar-refractivity contribution in [2.45, 2.75) is 25.0 Å². The number of benzene rings is 1. The fraction of sp³-hybridized carbons (Fsp3) is 0.286. The van der Waals surface area contributed by atoms with E-state index in [0.29, 0.717) is 22.8 Å². The van der Waals surface area contributed by atoms with Gasteiger partial charge in [0.05, 0.1) is 0 Å². The fourth-order valence-corrected chi connectivity index (χ4v) is 2.43. The summed E-state index contributed by atoms with van der Waals surface area (Å²) in [5.41, 5.74) is 0.594. The third-order valence-corrected chi connectivity index (χ3v) is 3.66. The maximum atomic E-state index is 10.8. The van der Waals surface area contributed by atoms with Gasteiger partial charge in [0.25, 0.3) is 5.79 Å². The summed E-state index contributed by atoms with van der Waals surface area (Å²) in [4.78, 5) is 10.8. The Hall–Kier alpha value is -2.50. The van der Waals surface area contributed by atoms with Gasteiger partial charge in [-0.3, -0.25) is 0 Å². The van der Waals surface area contributed by atoms with Crippen LogP contribution in [0.1, 0.15) is 29.8 Å². The van der Waals surface area contributed by atoms with Crippen LogP contribution in [0.4, 0.5) is 0 Å². The molecule has 0 unspecified atom stereocenters. The van der Waals surface area contributed by atoms with E-state index in [9.17, 15) is 4.79 Å². The van der Waals surface area contributed by atoms with Crippen molar-refractivity contribution < 1.29 is 23.9 Å². The summed E-state index contributed by atoms with van der Waals surface area (Å²) in [7, 11) is 0. The maximum absolute atomic E-state index is 10.8. The van der Waals surface area contributed by atoms with E-state index in [1.807, 2.05) is 0 Å². The van der Waals surface area contributed by atoms with Gasteiger partial charge < -0.3 is 19.1 Å². The van der Waals surface area contributed by atoms with E-state index >= 15 is 0 Å². The molecule has 2 aliphatic rings. The van der Waals surface area contributed by atoms with Crippen LogP contribution in [0.25, 0.3) is 11.3 Å². The molecule has 2 heterocycles. The minimum Gasteiger partial charge on any atom is -0.476 e. The molecule has 0 saturated heterocycles. The van der Waals surface area contributed by atoms with E-state index in [1.54, 1.807) is 18.2 Å². The average Bonchev–Trinajstić information content (AvgIpc) is 3.01. The van der Waals surface area contributed by atoms with Crippen LogP contribution in [0, 0.1) is 0 Å². The molecule has 1 aliphatic heterocycles. The van der Waals surface area contributed by atoms with Gasteiger partial charge in [-0.25, -0.2) is 4.79 Å². The summed E-state index contributed by atoms with van der Waals surface area (Å²) in [6.07, 6.45) is 2.88. The Morgan fingerprint density at radius 2 is 2.00 bits per heavy atom. The maximum Gasteiger partial charge on any atom is 0.358 e. The summed E-state index contributed by atoms with van der Waals surface area (Å²) in [5, 5.41) is 12.3. The minimum atomic E-state index is -1.12. The molecule has 0 bridgehead atoms. The number of rotatable bonds is 2. The van der Waals surface area contributed by atoms with Gasteiger partial charge in [0.15, 0.2) is 23.0 Å². The molecule has 1 fully saturated rings. The third-order valence-electron chi connectivity index (χ3n) is 3.66. The molecular formula is C14H11NO5. The van der Waals surface area contributed by atoms with Crippen LogP contribution >= 0.6 is 0 Å². The van der Waals surface area contributed by atoms with Gasteiger partial charge in [0, 0.05) is 24.5 Å². The summed E-state index contributed by atoms with van der Waals surface area (Å²) in [6, 6.07) is 6.78. The Balaban J connectivity index is 1.67. The standard InChI is InChI=1S/C14H11NO5/c16-13(17)9-7-11(20-15-9)8-2-3-10-12(6-8)19-14(18-10)4-1-5-14/h2-3,6-7H,1,4-5H2,(H,16,17). The molecule has 20 heavy (non-hydrogen) atoms. The summed E-state index contributed by atoms with van der Waals surface area (Å²) < 4.78 is 16.7. The zero-order valence-electron chi connectivity index (χ0n) is 10.5. The van der Waals surface area contributed by atoms with Crippen LogP contribution in [0.2, 0.25) is 0 Å². The van der Waals surface area contributed by atoms with Gasteiger partial charge in [-0.15, -0.1) is 0 Å². The van der Waals surface area contributed by atoms with Crippen molar-refractivity contribution in [3.05, 3.63) is 30.0 Å². The number of aromatic nitrogens is 1. The molecule has 1 saturated carbocycles. The first-order valence-corrected chi connectivity index (χ1v) is 6.38. The quantitative estimate of drug-likeness (QED) is 0.905. The molecule has 2 aromatic rings. The highest BCUT2D eigenvalue weighted by Crippen LogP contribution is 2.49. The highest BCUT2D eigenvalue weighted by Gasteiger charge is 2.47. The number of carboxylic acids is 1. The van der Waals surface area contributed by atoms with Crippen LogP contribution in [0.15, 0.2) is 28.8 Å². The number of fused-ring (bicyclic) bond motifs is 1. The summed E-state index contributed by atoms with van der Waals surface area (Å²) in [5.74, 6) is 0.175. The lowest BCUT2D eigenvalue weighted by molar-refractivity contribution is -0.138. The third kappa shape index (κ3) is 1.57. The van der Waals surface area contributed by atoms with Crippen molar-refractivity contribution in [1.82, 2.24) is 5.16 Å². The molecule has 0 amide bonds. The molecule has 102 valence electrons. The van der Waals surface area contributed by atoms with Crippen molar-refractivity contribution in [3.63, 3.8) is 0 Å². The molecule has 6 nitrogen and oxygen atoms in total. The lowest BCUT2D eigenvalue weighted by atomic mass is 9.91. The van der Waals surface area contributed by atoms with E-state index in [1.165, 1.54) is 6.07 Å². The summed E-state index contributed by atoms with van der Waals surface area (Å²) in [6.45, 7) is 0. The SMILES string of the molecule is O=C(O)c1cc(-c2ccc3c(c2)OC2(CCC2)O3)on1. The zero-order valence-corrected chi connectivity index (χ0v) is 10.5. The first-order chi connectivity index (χ1) is 9.65. The fourth-order valence-electron chi connectivity index (χ4n) is 2.43. The highest BCUT2D eigenvalue weighted by atomic mass is 16.7. The largest absolute Gasteiger partial charge is 0.476 e. The van der Waals surface area contributed by atoms with E-state index in [0.717, 1.165) is 19.3 Å². The number of aromatic carboxylic acids is 1. The van der Waals surface area contributed by atoms with Gasteiger partial charge in [-0.05, 0) is 24.6 Å². The number of hydrogen-bond donors (Lipinski definition) is 1. The Morgan fingerprint density at radius 3 is 2.65 bits per heavy atom. The van der Waals surface area contributed by atoms with Crippen molar-refractivity contribution in [2.75, 3.05) is 0 Å². The monoisotopic (exact) mass is 273 g/mol. The number of ether oxygens (including phenoxy) is 2. The first kappa shape index (κ1) is 11.3. The Bertz CT molecular complexity index is 701. The van der Waals surface area contributed by atoms with Gasteiger partial charge >= 0.3 is 5.97 Å². The van der Waals surface area contributed by atoms with Gasteiger partial charge in [-0.1, -0.05) is 5.16 Å². The molecular weight excluding hydrogens is 262 g/mol. The van der Waals surface area contributed by atoms with Crippen molar-refractivity contribution in [1.29, 1.82) is 0 Å². The molecule has 1 aliphatic carbocycles. The summed E-state index contributed by atoms with van der Waals surface area (Å²) >= 11 is 0. The molecule has 1 spiro atoms. The topological polar surface area (TPSA) is 81.8 Å². The number of nitrogens with zero attached hydrogens (tertiary/aromatic N) is 1.